The van der Waals surface area contributed by atoms with Crippen LogP contribution in [0.3, 0.4) is 0 Å². The second kappa shape index (κ2) is 2.65. The Morgan fingerprint density at radius 2 is 2.15 bits per heavy atom. The van der Waals surface area contributed by atoms with E-state index >= 15 is 0 Å². The summed E-state index contributed by atoms with van der Waals surface area (Å²) in [5, 5.41) is 0. The van der Waals surface area contributed by atoms with Crippen LogP contribution >= 0.6 is 0 Å². The van der Waals surface area contributed by atoms with Crippen molar-refractivity contribution in [1.29, 1.82) is 0 Å². The fourth-order valence-electron chi connectivity index (χ4n) is 1.16. The van der Waals surface area contributed by atoms with E-state index < -0.39 is 5.82 Å². The van der Waals surface area contributed by atoms with Crippen LogP contribution in [-0.4, -0.2) is 9.97 Å². The Balaban J connectivity index is 2.89. The molecule has 1 aromatic carbocycles. The summed E-state index contributed by atoms with van der Waals surface area (Å²) in [6.07, 6.45) is 1.62. The molecule has 0 atom stereocenters. The Morgan fingerprint density at radius 3 is 2.92 bits per heavy atom. The lowest BCUT2D eigenvalue weighted by Crippen LogP contribution is -1.96. The molecule has 0 spiro atoms. The lowest BCUT2D eigenvalue weighted by molar-refractivity contribution is 0.633. The molecular weight excluding hydrogens is 169 g/mol. The van der Waals surface area contributed by atoms with Gasteiger partial charge in [0.05, 0.1) is 16.9 Å². The lowest BCUT2D eigenvalue weighted by atomic mass is 10.2. The van der Waals surface area contributed by atoms with Gasteiger partial charge in [-0.25, -0.2) is 9.37 Å². The standard InChI is InChI=1S/C9H8FN3/c1-5-4-12-7-3-2-6(10)8(11)9(7)13-5/h2-4H,11H2,1H3. The van der Waals surface area contributed by atoms with E-state index in [1.807, 2.05) is 0 Å². The molecule has 0 fully saturated rings. The maximum atomic E-state index is 13.0. The number of rotatable bonds is 0. The van der Waals surface area contributed by atoms with Gasteiger partial charge in [0.2, 0.25) is 0 Å². The van der Waals surface area contributed by atoms with Gasteiger partial charge in [-0.2, -0.15) is 0 Å². The highest BCUT2D eigenvalue weighted by Gasteiger charge is 2.05. The normalized spacial score (nSPS) is 10.6. The number of anilines is 1. The third kappa shape index (κ3) is 1.20. The Labute approximate surface area is 74.4 Å². The molecule has 0 saturated heterocycles. The van der Waals surface area contributed by atoms with E-state index in [0.29, 0.717) is 11.0 Å². The van der Waals surface area contributed by atoms with Crippen molar-refractivity contribution in [3.63, 3.8) is 0 Å². The van der Waals surface area contributed by atoms with Crippen molar-refractivity contribution in [2.75, 3.05) is 5.73 Å². The van der Waals surface area contributed by atoms with Crippen molar-refractivity contribution in [3.8, 4) is 0 Å². The monoisotopic (exact) mass is 177 g/mol. The zero-order valence-corrected chi connectivity index (χ0v) is 7.08. The van der Waals surface area contributed by atoms with Crippen LogP contribution in [0.5, 0.6) is 0 Å². The van der Waals surface area contributed by atoms with Gasteiger partial charge in [0.1, 0.15) is 11.3 Å². The summed E-state index contributed by atoms with van der Waals surface area (Å²) in [6, 6.07) is 2.86. The number of hydrogen-bond acceptors (Lipinski definition) is 3. The second-order valence-corrected chi connectivity index (χ2v) is 2.84. The van der Waals surface area contributed by atoms with Gasteiger partial charge in [-0.15, -0.1) is 0 Å². The van der Waals surface area contributed by atoms with Crippen LogP contribution in [-0.2, 0) is 0 Å². The molecule has 2 aromatic rings. The summed E-state index contributed by atoms with van der Waals surface area (Å²) in [6.45, 7) is 1.79. The molecule has 0 aliphatic rings. The molecule has 4 heteroatoms. The van der Waals surface area contributed by atoms with E-state index in [1.54, 1.807) is 19.2 Å². The molecule has 13 heavy (non-hydrogen) atoms. The third-order valence-corrected chi connectivity index (χ3v) is 1.82. The highest BCUT2D eigenvalue weighted by molar-refractivity contribution is 5.86. The Bertz CT molecular complexity index is 462. The largest absolute Gasteiger partial charge is 0.395 e. The van der Waals surface area contributed by atoms with Gasteiger partial charge in [-0.3, -0.25) is 4.98 Å². The van der Waals surface area contributed by atoms with E-state index in [0.717, 1.165) is 5.69 Å². The molecule has 0 bridgehead atoms. The van der Waals surface area contributed by atoms with Crippen LogP contribution in [0.15, 0.2) is 18.3 Å². The number of fused-ring (bicyclic) bond motifs is 1. The molecule has 0 aliphatic carbocycles. The molecule has 1 aromatic heterocycles. The summed E-state index contributed by atoms with van der Waals surface area (Å²) in [4.78, 5) is 8.18. The summed E-state index contributed by atoms with van der Waals surface area (Å²) in [5.41, 5.74) is 7.35. The SMILES string of the molecule is Cc1cnc2ccc(F)c(N)c2n1. The van der Waals surface area contributed by atoms with Gasteiger partial charge in [-0.05, 0) is 19.1 Å². The van der Waals surface area contributed by atoms with E-state index in [9.17, 15) is 4.39 Å². The van der Waals surface area contributed by atoms with Crippen LogP contribution in [0.1, 0.15) is 5.69 Å². The smallest absolute Gasteiger partial charge is 0.148 e. The van der Waals surface area contributed by atoms with Crippen molar-refractivity contribution in [2.24, 2.45) is 0 Å². The lowest BCUT2D eigenvalue weighted by Gasteiger charge is -2.01. The fraction of sp³-hybridized carbons (Fsp3) is 0.111. The molecule has 1 heterocycles. The average molecular weight is 177 g/mol. The minimum atomic E-state index is -0.451. The number of benzene rings is 1. The quantitative estimate of drug-likeness (QED) is 0.622. The Morgan fingerprint density at radius 1 is 1.38 bits per heavy atom. The van der Waals surface area contributed by atoms with Gasteiger partial charge in [-0.1, -0.05) is 0 Å². The van der Waals surface area contributed by atoms with Crippen LogP contribution in [0, 0.1) is 12.7 Å². The maximum Gasteiger partial charge on any atom is 0.148 e. The van der Waals surface area contributed by atoms with Gasteiger partial charge < -0.3 is 5.73 Å². The Kier molecular flexibility index (Phi) is 1.62. The molecule has 3 nitrogen and oxygen atoms in total. The summed E-state index contributed by atoms with van der Waals surface area (Å²) < 4.78 is 13.0. The fourth-order valence-corrected chi connectivity index (χ4v) is 1.16. The second-order valence-electron chi connectivity index (χ2n) is 2.84. The van der Waals surface area contributed by atoms with Gasteiger partial charge in [0.25, 0.3) is 0 Å². The molecule has 0 unspecified atom stereocenters. The van der Waals surface area contributed by atoms with Crippen LogP contribution in [0.25, 0.3) is 11.0 Å². The number of aryl methyl sites for hydroxylation is 1. The average Bonchev–Trinajstić information content (AvgIpc) is 2.12. The van der Waals surface area contributed by atoms with Crippen molar-refractivity contribution in [1.82, 2.24) is 9.97 Å². The maximum absolute atomic E-state index is 13.0. The molecule has 0 amide bonds. The summed E-state index contributed by atoms with van der Waals surface area (Å²) in [7, 11) is 0. The number of halogens is 1. The summed E-state index contributed by atoms with van der Waals surface area (Å²) in [5.74, 6) is -0.451. The van der Waals surface area contributed by atoms with E-state index in [2.05, 4.69) is 9.97 Å². The first-order chi connectivity index (χ1) is 6.18. The molecule has 2 N–H and O–H groups in total. The first kappa shape index (κ1) is 7.91. The van der Waals surface area contributed by atoms with E-state index in [4.69, 9.17) is 5.73 Å². The number of nitrogens with two attached hydrogens (primary N) is 1. The topological polar surface area (TPSA) is 51.8 Å². The molecule has 66 valence electrons. The molecule has 0 radical (unpaired) electrons. The number of aromatic nitrogens is 2. The minimum absolute atomic E-state index is 0.0636. The predicted molar refractivity (Wildman–Crippen MR) is 48.6 cm³/mol. The van der Waals surface area contributed by atoms with Gasteiger partial charge in [0, 0.05) is 6.20 Å². The highest BCUT2D eigenvalue weighted by Crippen LogP contribution is 2.19. The van der Waals surface area contributed by atoms with Crippen molar-refractivity contribution in [3.05, 3.63) is 29.8 Å². The molecule has 0 aliphatic heterocycles. The minimum Gasteiger partial charge on any atom is -0.395 e. The first-order valence-electron chi connectivity index (χ1n) is 3.86. The predicted octanol–water partition coefficient (Wildman–Crippen LogP) is 1.66. The molecule has 0 saturated carbocycles. The molecule has 2 rings (SSSR count). The number of nitrogen functional groups attached to an aromatic ring is 1. The van der Waals surface area contributed by atoms with Crippen molar-refractivity contribution >= 4 is 16.7 Å². The molecular formula is C9H8FN3. The number of nitrogens with zero attached hydrogens (tertiary/aromatic N) is 2. The van der Waals surface area contributed by atoms with Crippen molar-refractivity contribution < 1.29 is 4.39 Å². The van der Waals surface area contributed by atoms with E-state index in [-0.39, 0.29) is 5.69 Å². The van der Waals surface area contributed by atoms with E-state index in [1.165, 1.54) is 6.07 Å². The Hall–Kier alpha value is -1.71. The third-order valence-electron chi connectivity index (χ3n) is 1.82. The zero-order chi connectivity index (χ0) is 9.42. The summed E-state index contributed by atoms with van der Waals surface area (Å²) >= 11 is 0. The van der Waals surface area contributed by atoms with Crippen molar-refractivity contribution in [2.45, 2.75) is 6.92 Å². The van der Waals surface area contributed by atoms with Gasteiger partial charge >= 0.3 is 0 Å². The van der Waals surface area contributed by atoms with Crippen LogP contribution < -0.4 is 5.73 Å². The van der Waals surface area contributed by atoms with Gasteiger partial charge in [0.15, 0.2) is 0 Å². The van der Waals surface area contributed by atoms with Crippen LogP contribution in [0.2, 0.25) is 0 Å². The van der Waals surface area contributed by atoms with Crippen LogP contribution in [0.4, 0.5) is 10.1 Å². The zero-order valence-electron chi connectivity index (χ0n) is 7.08. The number of hydrogen-bond donors (Lipinski definition) is 1. The highest BCUT2D eigenvalue weighted by atomic mass is 19.1. The first-order valence-corrected chi connectivity index (χ1v) is 3.86.